The molecule has 1 saturated heterocycles. The maximum atomic E-state index is 12.0. The van der Waals surface area contributed by atoms with E-state index in [4.69, 9.17) is 0 Å². The van der Waals surface area contributed by atoms with Crippen molar-refractivity contribution in [3.8, 4) is 0 Å². The van der Waals surface area contributed by atoms with Gasteiger partial charge in [0.05, 0.1) is 13.6 Å². The Morgan fingerprint density at radius 1 is 1.04 bits per heavy atom. The van der Waals surface area contributed by atoms with Gasteiger partial charge in [-0.1, -0.05) is 18.2 Å². The fourth-order valence-electron chi connectivity index (χ4n) is 2.87. The second-order valence-corrected chi connectivity index (χ2v) is 6.48. The molecule has 1 aliphatic heterocycles. The number of carbonyl (C=O) groups excluding carboxylic acids is 2. The number of quaternary nitrogens is 2. The number of anilines is 1. The summed E-state index contributed by atoms with van der Waals surface area (Å²) < 4.78 is 0. The maximum absolute atomic E-state index is 12.0. The minimum Gasteiger partial charge on any atom is -0.342 e. The molecule has 0 spiro atoms. The highest BCUT2D eigenvalue weighted by Gasteiger charge is 2.22. The molecule has 6 heteroatoms. The fourth-order valence-corrected chi connectivity index (χ4v) is 2.87. The molecular formula is C17H28N4O2+2. The summed E-state index contributed by atoms with van der Waals surface area (Å²) in [6, 6.07) is 5.88. The molecule has 0 bridgehead atoms. The minimum absolute atomic E-state index is 0.0189. The van der Waals surface area contributed by atoms with E-state index in [0.717, 1.165) is 43.0 Å². The first-order valence-corrected chi connectivity index (χ1v) is 8.23. The van der Waals surface area contributed by atoms with Crippen molar-refractivity contribution in [2.45, 2.75) is 13.8 Å². The van der Waals surface area contributed by atoms with Gasteiger partial charge in [0.1, 0.15) is 26.2 Å². The van der Waals surface area contributed by atoms with Crippen LogP contribution in [0.4, 0.5) is 5.69 Å². The molecule has 2 rings (SSSR count). The molecule has 0 aromatic heterocycles. The zero-order chi connectivity index (χ0) is 16.8. The van der Waals surface area contributed by atoms with E-state index in [2.05, 4.69) is 17.7 Å². The molecule has 0 aliphatic carbocycles. The number of benzene rings is 1. The Labute approximate surface area is 137 Å². The number of piperazine rings is 1. The zero-order valence-corrected chi connectivity index (χ0v) is 14.3. The molecule has 4 N–H and O–H groups in total. The third-order valence-corrected chi connectivity index (χ3v) is 4.41. The van der Waals surface area contributed by atoms with E-state index in [0.29, 0.717) is 6.54 Å². The molecule has 1 fully saturated rings. The summed E-state index contributed by atoms with van der Waals surface area (Å²) in [4.78, 5) is 26.8. The van der Waals surface area contributed by atoms with Crippen LogP contribution in [-0.2, 0) is 9.59 Å². The number of amides is 2. The van der Waals surface area contributed by atoms with Gasteiger partial charge in [-0.15, -0.1) is 0 Å². The molecule has 0 atom stereocenters. The zero-order valence-electron chi connectivity index (χ0n) is 14.3. The van der Waals surface area contributed by atoms with Crippen LogP contribution < -0.4 is 20.4 Å². The highest BCUT2D eigenvalue weighted by atomic mass is 16.2. The molecule has 1 aromatic rings. The largest absolute Gasteiger partial charge is 0.342 e. The van der Waals surface area contributed by atoms with Gasteiger partial charge in [-0.05, 0) is 25.0 Å². The Morgan fingerprint density at radius 3 is 2.26 bits per heavy atom. The fraction of sp³-hybridized carbons (Fsp3) is 0.529. The Bertz CT molecular complexity index is 545. The summed E-state index contributed by atoms with van der Waals surface area (Å²) in [6.07, 6.45) is 0. The van der Waals surface area contributed by atoms with Crippen molar-refractivity contribution in [2.24, 2.45) is 0 Å². The number of aryl methyl sites for hydroxylation is 2. The van der Waals surface area contributed by atoms with Gasteiger partial charge in [0.25, 0.3) is 5.91 Å². The number of hydrogen-bond acceptors (Lipinski definition) is 2. The number of rotatable bonds is 5. The highest BCUT2D eigenvalue weighted by Crippen LogP contribution is 2.18. The van der Waals surface area contributed by atoms with Crippen molar-refractivity contribution in [2.75, 3.05) is 51.6 Å². The lowest BCUT2D eigenvalue weighted by atomic mass is 10.1. The maximum Gasteiger partial charge on any atom is 0.275 e. The van der Waals surface area contributed by atoms with Crippen molar-refractivity contribution in [1.29, 1.82) is 0 Å². The summed E-state index contributed by atoms with van der Waals surface area (Å²) in [5.41, 5.74) is 2.88. The average molecular weight is 320 g/mol. The number of carbonyl (C=O) groups is 2. The summed E-state index contributed by atoms with van der Waals surface area (Å²) in [5.74, 6) is -0.246. The van der Waals surface area contributed by atoms with E-state index in [-0.39, 0.29) is 18.4 Å². The number of nitrogens with one attached hydrogen (secondary N) is 4. The second kappa shape index (κ2) is 8.08. The van der Waals surface area contributed by atoms with Crippen molar-refractivity contribution >= 4 is 17.5 Å². The molecule has 0 saturated carbocycles. The predicted octanol–water partition coefficient (Wildman–Crippen LogP) is -2.23. The van der Waals surface area contributed by atoms with E-state index in [1.807, 2.05) is 32.0 Å². The van der Waals surface area contributed by atoms with E-state index < -0.39 is 0 Å². The van der Waals surface area contributed by atoms with Gasteiger partial charge in [-0.25, -0.2) is 0 Å². The van der Waals surface area contributed by atoms with Crippen LogP contribution in [0.2, 0.25) is 0 Å². The van der Waals surface area contributed by atoms with Crippen LogP contribution in [0.25, 0.3) is 0 Å². The SMILES string of the molecule is Cc1cccc(C)c1NC(=O)CNC(=O)C[NH+]1CC[NH+](C)CC1. The first kappa shape index (κ1) is 17.4. The molecular weight excluding hydrogens is 292 g/mol. The summed E-state index contributed by atoms with van der Waals surface area (Å²) >= 11 is 0. The monoisotopic (exact) mass is 320 g/mol. The normalized spacial score (nSPS) is 20.8. The lowest BCUT2D eigenvalue weighted by Gasteiger charge is -2.26. The Hall–Kier alpha value is -1.92. The van der Waals surface area contributed by atoms with Crippen LogP contribution in [0.3, 0.4) is 0 Å². The van der Waals surface area contributed by atoms with E-state index in [9.17, 15) is 9.59 Å². The summed E-state index contributed by atoms with van der Waals surface area (Å²) in [7, 11) is 2.18. The third-order valence-electron chi connectivity index (χ3n) is 4.41. The third kappa shape index (κ3) is 5.33. The van der Waals surface area contributed by atoms with E-state index in [1.54, 1.807) is 0 Å². The molecule has 6 nitrogen and oxygen atoms in total. The van der Waals surface area contributed by atoms with Crippen molar-refractivity contribution in [3.63, 3.8) is 0 Å². The van der Waals surface area contributed by atoms with E-state index >= 15 is 0 Å². The van der Waals surface area contributed by atoms with Crippen LogP contribution >= 0.6 is 0 Å². The highest BCUT2D eigenvalue weighted by molar-refractivity contribution is 5.95. The Kier molecular flexibility index (Phi) is 6.12. The first-order valence-electron chi connectivity index (χ1n) is 8.23. The summed E-state index contributed by atoms with van der Waals surface area (Å²) in [5, 5.41) is 5.60. The average Bonchev–Trinajstić information content (AvgIpc) is 2.51. The molecule has 1 aliphatic rings. The topological polar surface area (TPSA) is 67.1 Å². The van der Waals surface area contributed by atoms with Gasteiger partial charge >= 0.3 is 0 Å². The molecule has 23 heavy (non-hydrogen) atoms. The number of para-hydroxylation sites is 1. The molecule has 2 amide bonds. The number of likely N-dealkylation sites (N-methyl/N-ethyl adjacent to an activating group) is 1. The van der Waals surface area contributed by atoms with E-state index in [1.165, 1.54) is 9.80 Å². The Balaban J connectivity index is 1.75. The van der Waals surface area contributed by atoms with Gasteiger partial charge < -0.3 is 20.4 Å². The quantitative estimate of drug-likeness (QED) is 0.496. The van der Waals surface area contributed by atoms with Crippen molar-refractivity contribution in [3.05, 3.63) is 29.3 Å². The van der Waals surface area contributed by atoms with Crippen LogP contribution in [0.15, 0.2) is 18.2 Å². The minimum atomic E-state index is -0.187. The van der Waals surface area contributed by atoms with Crippen LogP contribution in [0, 0.1) is 13.8 Å². The molecule has 0 radical (unpaired) electrons. The smallest absolute Gasteiger partial charge is 0.275 e. The first-order chi connectivity index (χ1) is 11.0. The molecule has 126 valence electrons. The molecule has 1 heterocycles. The Morgan fingerprint density at radius 2 is 1.65 bits per heavy atom. The van der Waals surface area contributed by atoms with Crippen LogP contribution in [0.5, 0.6) is 0 Å². The number of hydrogen-bond donors (Lipinski definition) is 4. The van der Waals surface area contributed by atoms with Crippen LogP contribution in [0.1, 0.15) is 11.1 Å². The standard InChI is InChI=1S/C17H26N4O2/c1-13-5-4-6-14(2)17(13)19-15(22)11-18-16(23)12-21-9-7-20(3)8-10-21/h4-6H,7-12H2,1-3H3,(H,18,23)(H,19,22)/p+2. The van der Waals surface area contributed by atoms with Gasteiger partial charge in [0.15, 0.2) is 6.54 Å². The van der Waals surface area contributed by atoms with Crippen molar-refractivity contribution in [1.82, 2.24) is 5.32 Å². The van der Waals surface area contributed by atoms with Gasteiger partial charge in [-0.2, -0.15) is 0 Å². The predicted molar refractivity (Wildman–Crippen MR) is 89.7 cm³/mol. The lowest BCUT2D eigenvalue weighted by Crippen LogP contribution is -3.27. The van der Waals surface area contributed by atoms with Crippen molar-refractivity contribution < 1.29 is 19.4 Å². The molecule has 1 aromatic carbocycles. The summed E-state index contributed by atoms with van der Waals surface area (Å²) in [6.45, 7) is 8.59. The lowest BCUT2D eigenvalue weighted by molar-refractivity contribution is -1.000. The molecule has 0 unspecified atom stereocenters. The van der Waals surface area contributed by atoms with Crippen LogP contribution in [-0.4, -0.2) is 58.1 Å². The van der Waals surface area contributed by atoms with Gasteiger partial charge in [0, 0.05) is 5.69 Å². The van der Waals surface area contributed by atoms with Gasteiger partial charge in [-0.3, -0.25) is 9.59 Å². The second-order valence-electron chi connectivity index (χ2n) is 6.48. The van der Waals surface area contributed by atoms with Gasteiger partial charge in [0.2, 0.25) is 5.91 Å².